The SMILES string of the molecule is Cc1ccc2ccc3cccc(C)c3c2c1. The van der Waals surface area contributed by atoms with Gasteiger partial charge in [0, 0.05) is 0 Å². The van der Waals surface area contributed by atoms with Crippen LogP contribution in [-0.4, -0.2) is 0 Å². The van der Waals surface area contributed by atoms with Gasteiger partial charge in [-0.25, -0.2) is 0 Å². The topological polar surface area (TPSA) is 0 Å². The van der Waals surface area contributed by atoms with Crippen molar-refractivity contribution in [2.75, 3.05) is 0 Å². The van der Waals surface area contributed by atoms with E-state index >= 15 is 0 Å². The third kappa shape index (κ3) is 1.30. The lowest BCUT2D eigenvalue weighted by Gasteiger charge is -2.07. The number of hydrogen-bond donors (Lipinski definition) is 0. The molecule has 0 heterocycles. The zero-order chi connectivity index (χ0) is 11.1. The summed E-state index contributed by atoms with van der Waals surface area (Å²) in [6.07, 6.45) is 0. The van der Waals surface area contributed by atoms with Crippen LogP contribution >= 0.6 is 0 Å². The van der Waals surface area contributed by atoms with Crippen LogP contribution in [0.1, 0.15) is 11.1 Å². The molecule has 0 aliphatic carbocycles. The number of hydrogen-bond acceptors (Lipinski definition) is 0. The van der Waals surface area contributed by atoms with Crippen LogP contribution in [0.3, 0.4) is 0 Å². The largest absolute Gasteiger partial charge is 0.0614 e. The Bertz CT molecular complexity index is 678. The molecule has 0 fully saturated rings. The first-order chi connectivity index (χ1) is 7.75. The highest BCUT2D eigenvalue weighted by Crippen LogP contribution is 2.28. The van der Waals surface area contributed by atoms with E-state index in [1.807, 2.05) is 0 Å². The molecule has 0 amide bonds. The van der Waals surface area contributed by atoms with Crippen molar-refractivity contribution < 1.29 is 0 Å². The lowest BCUT2D eigenvalue weighted by Crippen LogP contribution is -1.82. The summed E-state index contributed by atoms with van der Waals surface area (Å²) in [5.41, 5.74) is 2.68. The fourth-order valence-electron chi connectivity index (χ4n) is 2.41. The van der Waals surface area contributed by atoms with Crippen LogP contribution in [-0.2, 0) is 0 Å². The second-order valence-corrected chi connectivity index (χ2v) is 4.46. The molecule has 0 unspecified atom stereocenters. The van der Waals surface area contributed by atoms with Gasteiger partial charge in [0.15, 0.2) is 0 Å². The quantitative estimate of drug-likeness (QED) is 0.471. The Kier molecular flexibility index (Phi) is 1.97. The maximum absolute atomic E-state index is 2.28. The highest BCUT2D eigenvalue weighted by atomic mass is 14.1. The van der Waals surface area contributed by atoms with Gasteiger partial charge in [0.25, 0.3) is 0 Å². The standard InChI is InChI=1S/C16H14/c1-11-6-7-13-8-9-14-5-3-4-12(2)16(14)15(13)10-11/h3-10H,1-2H3. The Morgan fingerprint density at radius 2 is 1.50 bits per heavy atom. The fourth-order valence-corrected chi connectivity index (χ4v) is 2.41. The first kappa shape index (κ1) is 9.41. The third-order valence-electron chi connectivity index (χ3n) is 3.23. The second-order valence-electron chi connectivity index (χ2n) is 4.46. The second kappa shape index (κ2) is 3.34. The van der Waals surface area contributed by atoms with Crippen molar-refractivity contribution in [1.29, 1.82) is 0 Å². The summed E-state index contributed by atoms with van der Waals surface area (Å²) in [6, 6.07) is 17.6. The summed E-state index contributed by atoms with van der Waals surface area (Å²) in [5, 5.41) is 5.42. The van der Waals surface area contributed by atoms with E-state index in [0.29, 0.717) is 0 Å². The molecule has 78 valence electrons. The summed E-state index contributed by atoms with van der Waals surface area (Å²) in [7, 11) is 0. The van der Waals surface area contributed by atoms with Gasteiger partial charge in [0.2, 0.25) is 0 Å². The number of fused-ring (bicyclic) bond motifs is 3. The summed E-state index contributed by atoms with van der Waals surface area (Å²) < 4.78 is 0. The maximum atomic E-state index is 2.28. The zero-order valence-electron chi connectivity index (χ0n) is 9.62. The molecule has 3 aromatic rings. The molecule has 0 heteroatoms. The summed E-state index contributed by atoms with van der Waals surface area (Å²) >= 11 is 0. The highest BCUT2D eigenvalue weighted by Gasteiger charge is 2.02. The molecule has 0 atom stereocenters. The smallest absolute Gasteiger partial charge is 0.00760 e. The monoisotopic (exact) mass is 206 g/mol. The summed E-state index contributed by atoms with van der Waals surface area (Å²) in [6.45, 7) is 4.33. The molecule has 0 nitrogen and oxygen atoms in total. The van der Waals surface area contributed by atoms with Crippen molar-refractivity contribution in [1.82, 2.24) is 0 Å². The van der Waals surface area contributed by atoms with Gasteiger partial charge in [-0.3, -0.25) is 0 Å². The van der Waals surface area contributed by atoms with E-state index in [-0.39, 0.29) is 0 Å². The molecule has 0 saturated carbocycles. The predicted molar refractivity (Wildman–Crippen MR) is 70.9 cm³/mol. The van der Waals surface area contributed by atoms with Gasteiger partial charge >= 0.3 is 0 Å². The molecular formula is C16H14. The molecule has 0 saturated heterocycles. The Labute approximate surface area is 95.5 Å². The van der Waals surface area contributed by atoms with E-state index in [1.54, 1.807) is 0 Å². The van der Waals surface area contributed by atoms with Gasteiger partial charge in [0.05, 0.1) is 0 Å². The lowest BCUT2D eigenvalue weighted by molar-refractivity contribution is 1.50. The molecule has 3 aromatic carbocycles. The van der Waals surface area contributed by atoms with Crippen LogP contribution in [0.2, 0.25) is 0 Å². The van der Waals surface area contributed by atoms with Gasteiger partial charge < -0.3 is 0 Å². The minimum atomic E-state index is 1.32. The molecule has 3 rings (SSSR count). The molecule has 0 aromatic heterocycles. The van der Waals surface area contributed by atoms with Crippen LogP contribution < -0.4 is 0 Å². The molecule has 0 spiro atoms. The average Bonchev–Trinajstić information content (AvgIpc) is 2.28. The predicted octanol–water partition coefficient (Wildman–Crippen LogP) is 4.61. The van der Waals surface area contributed by atoms with E-state index in [0.717, 1.165) is 0 Å². The van der Waals surface area contributed by atoms with Crippen molar-refractivity contribution in [2.24, 2.45) is 0 Å². The van der Waals surface area contributed by atoms with Gasteiger partial charge in [-0.1, -0.05) is 54.1 Å². The Balaban J connectivity index is 2.61. The first-order valence-corrected chi connectivity index (χ1v) is 5.64. The van der Waals surface area contributed by atoms with Crippen molar-refractivity contribution in [3.8, 4) is 0 Å². The average molecular weight is 206 g/mol. The van der Waals surface area contributed by atoms with Crippen LogP contribution in [0, 0.1) is 13.8 Å². The molecule has 16 heavy (non-hydrogen) atoms. The highest BCUT2D eigenvalue weighted by molar-refractivity contribution is 6.09. The molecule has 0 aliphatic heterocycles. The minimum absolute atomic E-state index is 1.32. The molecule has 0 aliphatic rings. The van der Waals surface area contributed by atoms with Gasteiger partial charge in [-0.15, -0.1) is 0 Å². The Morgan fingerprint density at radius 3 is 2.38 bits per heavy atom. The first-order valence-electron chi connectivity index (χ1n) is 5.64. The molecular weight excluding hydrogens is 192 g/mol. The normalized spacial score (nSPS) is 11.1. The van der Waals surface area contributed by atoms with Crippen LogP contribution in [0.4, 0.5) is 0 Å². The van der Waals surface area contributed by atoms with Crippen LogP contribution in [0.15, 0.2) is 48.5 Å². The van der Waals surface area contributed by atoms with Crippen molar-refractivity contribution >= 4 is 21.5 Å². The summed E-state index contributed by atoms with van der Waals surface area (Å²) in [4.78, 5) is 0. The number of rotatable bonds is 0. The zero-order valence-corrected chi connectivity index (χ0v) is 9.62. The minimum Gasteiger partial charge on any atom is -0.0614 e. The Morgan fingerprint density at radius 1 is 0.750 bits per heavy atom. The Hall–Kier alpha value is -1.82. The van der Waals surface area contributed by atoms with E-state index in [2.05, 4.69) is 62.4 Å². The van der Waals surface area contributed by atoms with Gasteiger partial charge in [0.1, 0.15) is 0 Å². The van der Waals surface area contributed by atoms with E-state index < -0.39 is 0 Å². The van der Waals surface area contributed by atoms with Crippen molar-refractivity contribution in [2.45, 2.75) is 13.8 Å². The van der Waals surface area contributed by atoms with Crippen LogP contribution in [0.25, 0.3) is 21.5 Å². The fraction of sp³-hybridized carbons (Fsp3) is 0.125. The van der Waals surface area contributed by atoms with E-state index in [1.165, 1.54) is 32.7 Å². The van der Waals surface area contributed by atoms with Crippen molar-refractivity contribution in [3.63, 3.8) is 0 Å². The van der Waals surface area contributed by atoms with E-state index in [4.69, 9.17) is 0 Å². The maximum Gasteiger partial charge on any atom is -0.00760 e. The molecule has 0 radical (unpaired) electrons. The number of aryl methyl sites for hydroxylation is 2. The number of benzene rings is 3. The lowest BCUT2D eigenvalue weighted by atomic mass is 9.97. The molecule has 0 N–H and O–H groups in total. The van der Waals surface area contributed by atoms with Gasteiger partial charge in [-0.2, -0.15) is 0 Å². The van der Waals surface area contributed by atoms with Gasteiger partial charge in [-0.05, 0) is 41.0 Å². The summed E-state index contributed by atoms with van der Waals surface area (Å²) in [5.74, 6) is 0. The van der Waals surface area contributed by atoms with Crippen molar-refractivity contribution in [3.05, 3.63) is 59.7 Å². The van der Waals surface area contributed by atoms with Crippen LogP contribution in [0.5, 0.6) is 0 Å². The molecule has 0 bridgehead atoms. The third-order valence-corrected chi connectivity index (χ3v) is 3.23. The van der Waals surface area contributed by atoms with E-state index in [9.17, 15) is 0 Å².